The van der Waals surface area contributed by atoms with Crippen molar-refractivity contribution in [1.82, 2.24) is 29.2 Å². The average Bonchev–Trinajstić information content (AvgIpc) is 3.55. The predicted octanol–water partition coefficient (Wildman–Crippen LogP) is 4.92. The fourth-order valence-corrected chi connectivity index (χ4v) is 5.27. The molecule has 1 saturated heterocycles. The van der Waals surface area contributed by atoms with Gasteiger partial charge in [-0.15, -0.1) is 0 Å². The number of carbonyl (C=O) groups excluding carboxylic acids is 1. The van der Waals surface area contributed by atoms with Crippen molar-refractivity contribution in [2.75, 3.05) is 13.1 Å². The molecular formula is C28H22F4N6O2. The van der Waals surface area contributed by atoms with Crippen molar-refractivity contribution in [1.29, 1.82) is 0 Å². The van der Waals surface area contributed by atoms with E-state index in [-0.39, 0.29) is 23.1 Å². The molecule has 1 fully saturated rings. The number of hydrogen-bond donors (Lipinski definition) is 1. The van der Waals surface area contributed by atoms with E-state index in [4.69, 9.17) is 0 Å². The van der Waals surface area contributed by atoms with E-state index >= 15 is 0 Å². The molecule has 6 rings (SSSR count). The SMILES string of the molecule is Cc1c(F)ccc2[nH]c(=O)n(C3CCN(C(=O)c4cc(-c5cccnc5)n(-c5cc(F)c(F)c(F)c5)n4)CC3)c12. The molecular weight excluding hydrogens is 528 g/mol. The summed E-state index contributed by atoms with van der Waals surface area (Å²) in [6.07, 6.45) is 3.94. The van der Waals surface area contributed by atoms with E-state index in [1.54, 1.807) is 34.7 Å². The van der Waals surface area contributed by atoms with Crippen molar-refractivity contribution < 1.29 is 22.4 Å². The summed E-state index contributed by atoms with van der Waals surface area (Å²) >= 11 is 0. The van der Waals surface area contributed by atoms with Crippen LogP contribution in [0.3, 0.4) is 0 Å². The molecule has 0 aliphatic carbocycles. The zero-order valence-corrected chi connectivity index (χ0v) is 21.2. The van der Waals surface area contributed by atoms with E-state index < -0.39 is 29.2 Å². The van der Waals surface area contributed by atoms with Crippen LogP contribution in [0.4, 0.5) is 17.6 Å². The van der Waals surface area contributed by atoms with Crippen LogP contribution in [-0.2, 0) is 0 Å². The first-order chi connectivity index (χ1) is 19.2. The van der Waals surface area contributed by atoms with Crippen LogP contribution in [0.2, 0.25) is 0 Å². The number of aromatic nitrogens is 5. The first kappa shape index (κ1) is 25.5. The molecule has 5 aromatic rings. The van der Waals surface area contributed by atoms with Crippen LogP contribution in [0.5, 0.6) is 0 Å². The Morgan fingerprint density at radius 3 is 2.40 bits per heavy atom. The lowest BCUT2D eigenvalue weighted by atomic mass is 10.0. The highest BCUT2D eigenvalue weighted by molar-refractivity contribution is 5.93. The Morgan fingerprint density at radius 1 is 1.00 bits per heavy atom. The molecule has 1 aliphatic heterocycles. The van der Waals surface area contributed by atoms with E-state index in [1.807, 2.05) is 0 Å². The maximum absolute atomic E-state index is 14.2. The van der Waals surface area contributed by atoms with Crippen LogP contribution < -0.4 is 5.69 Å². The summed E-state index contributed by atoms with van der Waals surface area (Å²) in [4.78, 5) is 34.6. The molecule has 1 N–H and O–H groups in total. The van der Waals surface area contributed by atoms with E-state index in [9.17, 15) is 27.2 Å². The van der Waals surface area contributed by atoms with Gasteiger partial charge in [-0.2, -0.15) is 5.10 Å². The second-order valence-electron chi connectivity index (χ2n) is 9.68. The maximum Gasteiger partial charge on any atom is 0.326 e. The topological polar surface area (TPSA) is 88.8 Å². The Balaban J connectivity index is 1.30. The molecule has 204 valence electrons. The van der Waals surface area contributed by atoms with E-state index in [1.165, 1.54) is 29.1 Å². The number of aryl methyl sites for hydroxylation is 1. The van der Waals surface area contributed by atoms with Gasteiger partial charge in [0.25, 0.3) is 5.91 Å². The molecule has 4 heterocycles. The number of carbonyl (C=O) groups is 1. The molecule has 0 spiro atoms. The summed E-state index contributed by atoms with van der Waals surface area (Å²) in [5.41, 5.74) is 1.86. The van der Waals surface area contributed by atoms with Crippen molar-refractivity contribution in [2.45, 2.75) is 25.8 Å². The summed E-state index contributed by atoms with van der Waals surface area (Å²) < 4.78 is 58.7. The lowest BCUT2D eigenvalue weighted by Gasteiger charge is -2.32. The van der Waals surface area contributed by atoms with Gasteiger partial charge in [0, 0.05) is 54.8 Å². The van der Waals surface area contributed by atoms with Crippen LogP contribution in [0.25, 0.3) is 28.0 Å². The van der Waals surface area contributed by atoms with Crippen molar-refractivity contribution in [2.24, 2.45) is 0 Å². The van der Waals surface area contributed by atoms with Crippen LogP contribution in [-0.4, -0.2) is 48.2 Å². The third-order valence-corrected chi connectivity index (χ3v) is 7.28. The number of piperidine rings is 1. The quantitative estimate of drug-likeness (QED) is 0.254. The van der Waals surface area contributed by atoms with Crippen molar-refractivity contribution in [3.05, 3.63) is 99.9 Å². The third kappa shape index (κ3) is 4.25. The standard InChI is InChI=1S/C28H22F4N6O2/c1-15-19(29)4-5-22-26(15)37(28(40)34-22)17-6-9-36(10-7-17)27(39)23-13-24(16-3-2-8-33-14-16)38(35-23)18-11-20(30)25(32)21(31)12-18/h2-5,8,11-14,17H,6-7,9-10H2,1H3,(H,34,40). The van der Waals surface area contributed by atoms with E-state index in [2.05, 4.69) is 15.1 Å². The smallest absolute Gasteiger partial charge is 0.326 e. The number of imidazole rings is 1. The third-order valence-electron chi connectivity index (χ3n) is 7.28. The summed E-state index contributed by atoms with van der Waals surface area (Å²) in [6, 6.07) is 9.03. The van der Waals surface area contributed by atoms with Crippen molar-refractivity contribution >= 4 is 16.9 Å². The number of benzene rings is 2. The Labute approximate surface area is 224 Å². The Bertz CT molecular complexity index is 1800. The molecule has 0 saturated carbocycles. The van der Waals surface area contributed by atoms with Gasteiger partial charge in [0.05, 0.1) is 22.4 Å². The number of aromatic amines is 1. The Hall–Kier alpha value is -4.74. The fourth-order valence-electron chi connectivity index (χ4n) is 5.27. The lowest BCUT2D eigenvalue weighted by molar-refractivity contribution is 0.0688. The molecule has 8 nitrogen and oxygen atoms in total. The number of likely N-dealkylation sites (tertiary alicyclic amines) is 1. The van der Waals surface area contributed by atoms with Crippen LogP contribution in [0.15, 0.2) is 59.7 Å². The summed E-state index contributed by atoms with van der Waals surface area (Å²) in [5, 5.41) is 4.33. The van der Waals surface area contributed by atoms with Crippen LogP contribution >= 0.6 is 0 Å². The molecule has 3 aromatic heterocycles. The number of H-pyrrole nitrogens is 1. The van der Waals surface area contributed by atoms with E-state index in [0.29, 0.717) is 53.8 Å². The van der Waals surface area contributed by atoms with Crippen molar-refractivity contribution in [3.8, 4) is 16.9 Å². The number of hydrogen-bond acceptors (Lipinski definition) is 4. The fraction of sp³-hybridized carbons (Fsp3) is 0.214. The van der Waals surface area contributed by atoms with Gasteiger partial charge in [-0.05, 0) is 50.1 Å². The maximum atomic E-state index is 14.2. The van der Waals surface area contributed by atoms with Gasteiger partial charge in [-0.1, -0.05) is 0 Å². The van der Waals surface area contributed by atoms with Gasteiger partial charge in [0.1, 0.15) is 5.82 Å². The molecule has 0 atom stereocenters. The number of nitrogens with one attached hydrogen (secondary N) is 1. The highest BCUT2D eigenvalue weighted by atomic mass is 19.2. The summed E-state index contributed by atoms with van der Waals surface area (Å²) in [6.45, 7) is 2.22. The molecule has 12 heteroatoms. The largest absolute Gasteiger partial charge is 0.337 e. The monoisotopic (exact) mass is 550 g/mol. The van der Waals surface area contributed by atoms with Gasteiger partial charge in [-0.3, -0.25) is 14.3 Å². The van der Waals surface area contributed by atoms with E-state index in [0.717, 1.165) is 12.1 Å². The highest BCUT2D eigenvalue weighted by Crippen LogP contribution is 2.30. The number of nitrogens with zero attached hydrogens (tertiary/aromatic N) is 5. The second kappa shape index (κ2) is 9.78. The number of halogens is 4. The molecule has 1 amide bonds. The minimum atomic E-state index is -1.61. The zero-order valence-electron chi connectivity index (χ0n) is 21.2. The highest BCUT2D eigenvalue weighted by Gasteiger charge is 2.29. The first-order valence-electron chi connectivity index (χ1n) is 12.6. The average molecular weight is 551 g/mol. The predicted molar refractivity (Wildman–Crippen MR) is 138 cm³/mol. The lowest BCUT2D eigenvalue weighted by Crippen LogP contribution is -2.40. The summed E-state index contributed by atoms with van der Waals surface area (Å²) in [5.74, 6) is -5.21. The zero-order chi connectivity index (χ0) is 28.1. The Morgan fingerprint density at radius 2 is 1.73 bits per heavy atom. The normalized spacial score (nSPS) is 14.3. The van der Waals surface area contributed by atoms with Crippen LogP contribution in [0.1, 0.15) is 34.9 Å². The summed E-state index contributed by atoms with van der Waals surface area (Å²) in [7, 11) is 0. The van der Waals surface area contributed by atoms with Crippen LogP contribution in [0, 0.1) is 30.2 Å². The molecule has 0 bridgehead atoms. The number of rotatable bonds is 4. The van der Waals surface area contributed by atoms with Gasteiger partial charge >= 0.3 is 5.69 Å². The number of fused-ring (bicyclic) bond motifs is 1. The number of pyridine rings is 1. The minimum absolute atomic E-state index is 0.0182. The minimum Gasteiger partial charge on any atom is -0.337 e. The second-order valence-corrected chi connectivity index (χ2v) is 9.68. The molecule has 1 aliphatic rings. The first-order valence-corrected chi connectivity index (χ1v) is 12.6. The van der Waals surface area contributed by atoms with Gasteiger partial charge in [-0.25, -0.2) is 27.0 Å². The van der Waals surface area contributed by atoms with Crippen molar-refractivity contribution in [3.63, 3.8) is 0 Å². The van der Waals surface area contributed by atoms with Gasteiger partial charge in [0.15, 0.2) is 23.1 Å². The molecule has 0 unspecified atom stereocenters. The van der Waals surface area contributed by atoms with Gasteiger partial charge in [0.2, 0.25) is 0 Å². The van der Waals surface area contributed by atoms with Gasteiger partial charge < -0.3 is 9.88 Å². The molecule has 2 aromatic carbocycles. The molecule has 0 radical (unpaired) electrons. The Kier molecular flexibility index (Phi) is 6.24. The number of amides is 1. The molecule has 40 heavy (non-hydrogen) atoms.